The average Bonchev–Trinajstić information content (AvgIpc) is 3.51. The van der Waals surface area contributed by atoms with E-state index in [0.717, 1.165) is 22.6 Å². The number of carbonyl (C=O) groups is 1. The van der Waals surface area contributed by atoms with Crippen molar-refractivity contribution in [3.05, 3.63) is 112 Å². The monoisotopic (exact) mass is 503 g/mol. The molecule has 38 heavy (non-hydrogen) atoms. The van der Waals surface area contributed by atoms with E-state index in [4.69, 9.17) is 10.2 Å². The summed E-state index contributed by atoms with van der Waals surface area (Å²) in [6.45, 7) is 4.18. The molecule has 0 N–H and O–H groups in total. The molecule has 6 rings (SSSR count). The Labute approximate surface area is 219 Å². The predicted molar refractivity (Wildman–Crippen MR) is 145 cm³/mol. The van der Waals surface area contributed by atoms with Crippen molar-refractivity contribution >= 4 is 11.5 Å². The maximum absolute atomic E-state index is 13.6. The van der Waals surface area contributed by atoms with Gasteiger partial charge in [-0.3, -0.25) is 14.9 Å². The first-order valence-electron chi connectivity index (χ1n) is 12.4. The predicted octanol–water partition coefficient (Wildman–Crippen LogP) is 6.46. The molecule has 0 saturated carbocycles. The molecule has 2 heterocycles. The van der Waals surface area contributed by atoms with E-state index in [1.54, 1.807) is 16.8 Å². The summed E-state index contributed by atoms with van der Waals surface area (Å²) >= 11 is 0. The average molecular weight is 504 g/mol. The summed E-state index contributed by atoms with van der Waals surface area (Å²) in [6, 6.07) is 25.8. The first-order chi connectivity index (χ1) is 18.3. The lowest BCUT2D eigenvalue weighted by atomic mass is 9.75. The van der Waals surface area contributed by atoms with Gasteiger partial charge in [-0.25, -0.2) is 9.36 Å². The molecule has 0 unspecified atom stereocenters. The normalized spacial score (nSPS) is 14.3. The highest BCUT2D eigenvalue weighted by Gasteiger charge is 2.38. The van der Waals surface area contributed by atoms with E-state index in [9.17, 15) is 14.9 Å². The van der Waals surface area contributed by atoms with Gasteiger partial charge in [-0.1, -0.05) is 50.2 Å². The van der Waals surface area contributed by atoms with Crippen molar-refractivity contribution < 1.29 is 9.72 Å². The molecular weight excluding hydrogens is 478 g/mol. The molecule has 0 fully saturated rings. The summed E-state index contributed by atoms with van der Waals surface area (Å²) in [4.78, 5) is 24.5. The van der Waals surface area contributed by atoms with Crippen LogP contribution < -0.4 is 0 Å². The van der Waals surface area contributed by atoms with E-state index in [2.05, 4.69) is 13.8 Å². The molecule has 0 saturated heterocycles. The van der Waals surface area contributed by atoms with E-state index >= 15 is 0 Å². The fraction of sp³-hybridized carbons (Fsp3) is 0.167. The molecule has 0 atom stereocenters. The molecular formula is C30H25N5O3. The third kappa shape index (κ3) is 4.10. The largest absolute Gasteiger partial charge is 0.294 e. The van der Waals surface area contributed by atoms with Crippen molar-refractivity contribution in [3.63, 3.8) is 0 Å². The minimum absolute atomic E-state index is 0.00177. The Morgan fingerprint density at radius 1 is 0.842 bits per heavy atom. The number of rotatable bonds is 5. The molecule has 5 aromatic rings. The van der Waals surface area contributed by atoms with Crippen molar-refractivity contribution in [1.29, 1.82) is 0 Å². The number of nitro groups is 1. The van der Waals surface area contributed by atoms with Crippen molar-refractivity contribution in [2.75, 3.05) is 0 Å². The molecule has 1 aliphatic carbocycles. The number of para-hydroxylation sites is 2. The SMILES string of the molecule is CC1(C)CC(=O)c2c(nn(-c3ccccc3)c2-c2cn(-c3ccccc3)nc2-c2ccc([N+](=O)[O-])cc2)C1. The standard InChI is InChI=1S/C30H25N5O3/c1-30(2)17-25-27(26(36)18-30)29(34(31-25)22-11-7-4-8-12-22)24-19-33(21-9-5-3-6-10-21)32-28(24)20-13-15-23(16-14-20)35(37)38/h3-16,19H,17-18H2,1-2H3. The molecule has 0 amide bonds. The number of ketones is 1. The summed E-state index contributed by atoms with van der Waals surface area (Å²) in [5, 5.41) is 21.2. The number of hydrogen-bond donors (Lipinski definition) is 0. The zero-order chi connectivity index (χ0) is 26.4. The van der Waals surface area contributed by atoms with Gasteiger partial charge in [0.2, 0.25) is 0 Å². The number of benzene rings is 3. The van der Waals surface area contributed by atoms with Crippen LogP contribution in [0.4, 0.5) is 5.69 Å². The minimum atomic E-state index is -0.422. The molecule has 2 aromatic heterocycles. The molecule has 3 aromatic carbocycles. The van der Waals surface area contributed by atoms with Crippen molar-refractivity contribution in [1.82, 2.24) is 19.6 Å². The van der Waals surface area contributed by atoms with Crippen LogP contribution in [0.15, 0.2) is 91.1 Å². The van der Waals surface area contributed by atoms with Crippen LogP contribution in [0, 0.1) is 15.5 Å². The smallest absolute Gasteiger partial charge is 0.269 e. The van der Waals surface area contributed by atoms with Crippen molar-refractivity contribution in [2.24, 2.45) is 5.41 Å². The van der Waals surface area contributed by atoms with Gasteiger partial charge in [0.1, 0.15) is 5.69 Å². The number of nitrogens with zero attached hydrogens (tertiary/aromatic N) is 5. The van der Waals surface area contributed by atoms with Crippen LogP contribution in [-0.2, 0) is 6.42 Å². The molecule has 0 bridgehead atoms. The molecule has 0 spiro atoms. The van der Waals surface area contributed by atoms with E-state index in [1.807, 2.05) is 71.5 Å². The topological polar surface area (TPSA) is 95.8 Å². The maximum Gasteiger partial charge on any atom is 0.269 e. The summed E-state index contributed by atoms with van der Waals surface area (Å²) in [6.07, 6.45) is 3.02. The minimum Gasteiger partial charge on any atom is -0.294 e. The van der Waals surface area contributed by atoms with E-state index < -0.39 is 4.92 Å². The fourth-order valence-corrected chi connectivity index (χ4v) is 5.14. The number of hydrogen-bond acceptors (Lipinski definition) is 5. The van der Waals surface area contributed by atoms with Gasteiger partial charge in [0.15, 0.2) is 5.78 Å². The van der Waals surface area contributed by atoms with E-state index in [0.29, 0.717) is 35.4 Å². The fourth-order valence-electron chi connectivity index (χ4n) is 5.14. The van der Waals surface area contributed by atoms with Gasteiger partial charge in [0, 0.05) is 35.9 Å². The second-order valence-corrected chi connectivity index (χ2v) is 10.3. The maximum atomic E-state index is 13.6. The second-order valence-electron chi connectivity index (χ2n) is 10.3. The summed E-state index contributed by atoms with van der Waals surface area (Å²) < 4.78 is 3.61. The first kappa shape index (κ1) is 23.5. The molecule has 1 aliphatic rings. The van der Waals surface area contributed by atoms with Gasteiger partial charge in [0.05, 0.1) is 33.2 Å². The van der Waals surface area contributed by atoms with E-state index in [-0.39, 0.29) is 16.9 Å². The number of Topliss-reactive ketones (excluding diaryl/α,β-unsaturated/α-hetero) is 1. The van der Waals surface area contributed by atoms with Crippen molar-refractivity contribution in [2.45, 2.75) is 26.7 Å². The third-order valence-electron chi connectivity index (χ3n) is 6.86. The number of carbonyl (C=O) groups excluding carboxylic acids is 1. The number of non-ortho nitro benzene ring substituents is 1. The lowest BCUT2D eigenvalue weighted by Gasteiger charge is -2.27. The number of nitro benzene ring substituents is 1. The Bertz CT molecular complexity index is 1670. The highest BCUT2D eigenvalue weighted by molar-refractivity contribution is 6.05. The van der Waals surface area contributed by atoms with Crippen LogP contribution in [0.2, 0.25) is 0 Å². The van der Waals surface area contributed by atoms with Crippen LogP contribution in [0.1, 0.15) is 36.3 Å². The summed E-state index contributed by atoms with van der Waals surface area (Å²) in [5.74, 6) is 0.0514. The zero-order valence-corrected chi connectivity index (χ0v) is 21.0. The second kappa shape index (κ2) is 8.92. The molecule has 0 radical (unpaired) electrons. The highest BCUT2D eigenvalue weighted by Crippen LogP contribution is 2.42. The van der Waals surface area contributed by atoms with Gasteiger partial charge in [-0.15, -0.1) is 0 Å². The number of fused-ring (bicyclic) bond motifs is 1. The first-order valence-corrected chi connectivity index (χ1v) is 12.4. The van der Waals surface area contributed by atoms with Crippen LogP contribution in [-0.4, -0.2) is 30.3 Å². The van der Waals surface area contributed by atoms with Gasteiger partial charge in [-0.2, -0.15) is 10.2 Å². The molecule has 188 valence electrons. The number of aromatic nitrogens is 4. The molecule has 0 aliphatic heterocycles. The van der Waals surface area contributed by atoms with Crippen molar-refractivity contribution in [3.8, 4) is 33.9 Å². The van der Waals surface area contributed by atoms with Gasteiger partial charge in [-0.05, 0) is 48.2 Å². The Hall–Kier alpha value is -4.85. The van der Waals surface area contributed by atoms with Gasteiger partial charge >= 0.3 is 0 Å². The van der Waals surface area contributed by atoms with Crippen LogP contribution >= 0.6 is 0 Å². The Morgan fingerprint density at radius 3 is 2.11 bits per heavy atom. The quantitative estimate of drug-likeness (QED) is 0.203. The Morgan fingerprint density at radius 2 is 1.47 bits per heavy atom. The lowest BCUT2D eigenvalue weighted by Crippen LogP contribution is -2.26. The van der Waals surface area contributed by atoms with Crippen LogP contribution in [0.25, 0.3) is 33.9 Å². The van der Waals surface area contributed by atoms with Gasteiger partial charge in [0.25, 0.3) is 5.69 Å². The molecule has 8 nitrogen and oxygen atoms in total. The van der Waals surface area contributed by atoms with Gasteiger partial charge < -0.3 is 0 Å². The third-order valence-corrected chi connectivity index (χ3v) is 6.86. The zero-order valence-electron chi connectivity index (χ0n) is 21.0. The Balaban J connectivity index is 1.64. The molecule has 8 heteroatoms. The Kier molecular flexibility index (Phi) is 5.52. The lowest BCUT2D eigenvalue weighted by molar-refractivity contribution is -0.384. The summed E-state index contributed by atoms with van der Waals surface area (Å²) in [5.41, 5.74) is 5.62. The van der Waals surface area contributed by atoms with Crippen LogP contribution in [0.3, 0.4) is 0 Å². The highest BCUT2D eigenvalue weighted by atomic mass is 16.6. The van der Waals surface area contributed by atoms with Crippen LogP contribution in [0.5, 0.6) is 0 Å². The summed E-state index contributed by atoms with van der Waals surface area (Å²) in [7, 11) is 0. The van der Waals surface area contributed by atoms with E-state index in [1.165, 1.54) is 12.1 Å².